The molecule has 4 heteroatoms. The van der Waals surface area contributed by atoms with Crippen LogP contribution < -0.4 is 4.74 Å². The average molecular weight is 455 g/mol. The lowest BCUT2D eigenvalue weighted by atomic mass is 9.78. The molecule has 4 nitrogen and oxygen atoms in total. The number of nitrogens with zero attached hydrogens (tertiary/aromatic N) is 2. The van der Waals surface area contributed by atoms with E-state index in [0.29, 0.717) is 12.5 Å². The van der Waals surface area contributed by atoms with E-state index < -0.39 is 0 Å². The summed E-state index contributed by atoms with van der Waals surface area (Å²) in [5, 5.41) is 3.59. The molecule has 1 aliphatic heterocycles. The zero-order chi connectivity index (χ0) is 23.2. The Morgan fingerprint density at radius 3 is 2.53 bits per heavy atom. The SMILES string of the molecule is O=NC1c2ccc(OCc3ccccc3-c3ccccc3)cc2CCC1CCN1CCCCC1. The van der Waals surface area contributed by atoms with Crippen molar-refractivity contribution in [3.63, 3.8) is 0 Å². The fourth-order valence-corrected chi connectivity index (χ4v) is 5.61. The number of likely N-dealkylation sites (tertiary alicyclic amines) is 1. The molecule has 0 spiro atoms. The van der Waals surface area contributed by atoms with Crippen LogP contribution >= 0.6 is 0 Å². The van der Waals surface area contributed by atoms with Gasteiger partial charge in [-0.2, -0.15) is 4.91 Å². The molecule has 0 radical (unpaired) electrons. The van der Waals surface area contributed by atoms with E-state index in [0.717, 1.165) is 42.7 Å². The van der Waals surface area contributed by atoms with Gasteiger partial charge in [0.15, 0.2) is 0 Å². The van der Waals surface area contributed by atoms with Crippen LogP contribution in [0.4, 0.5) is 0 Å². The van der Waals surface area contributed by atoms with Crippen molar-refractivity contribution in [1.29, 1.82) is 0 Å². The van der Waals surface area contributed by atoms with Crippen LogP contribution in [0.25, 0.3) is 11.1 Å². The topological polar surface area (TPSA) is 41.9 Å². The lowest BCUT2D eigenvalue weighted by Crippen LogP contribution is -2.32. The lowest BCUT2D eigenvalue weighted by molar-refractivity contribution is 0.201. The minimum atomic E-state index is -0.235. The highest BCUT2D eigenvalue weighted by molar-refractivity contribution is 5.67. The summed E-state index contributed by atoms with van der Waals surface area (Å²) in [5.41, 5.74) is 5.87. The highest BCUT2D eigenvalue weighted by atomic mass is 16.5. The van der Waals surface area contributed by atoms with Crippen molar-refractivity contribution in [2.24, 2.45) is 11.1 Å². The maximum atomic E-state index is 11.9. The van der Waals surface area contributed by atoms with E-state index >= 15 is 0 Å². The molecule has 2 aliphatic rings. The molecule has 2 unspecified atom stereocenters. The molecule has 5 rings (SSSR count). The quantitative estimate of drug-likeness (QED) is 0.339. The van der Waals surface area contributed by atoms with Crippen molar-refractivity contribution in [1.82, 2.24) is 4.90 Å². The molecule has 3 aromatic carbocycles. The van der Waals surface area contributed by atoms with Crippen LogP contribution in [-0.2, 0) is 13.0 Å². The van der Waals surface area contributed by atoms with Crippen LogP contribution in [0.1, 0.15) is 54.8 Å². The van der Waals surface area contributed by atoms with E-state index in [-0.39, 0.29) is 6.04 Å². The average Bonchev–Trinajstić information content (AvgIpc) is 2.91. The van der Waals surface area contributed by atoms with E-state index in [1.165, 1.54) is 49.0 Å². The van der Waals surface area contributed by atoms with Crippen LogP contribution in [0.15, 0.2) is 78.0 Å². The van der Waals surface area contributed by atoms with Crippen molar-refractivity contribution >= 4 is 0 Å². The molecular weight excluding hydrogens is 420 g/mol. The van der Waals surface area contributed by atoms with Crippen LogP contribution in [-0.4, -0.2) is 24.5 Å². The minimum Gasteiger partial charge on any atom is -0.489 e. The first kappa shape index (κ1) is 22.8. The molecule has 1 saturated heterocycles. The summed E-state index contributed by atoms with van der Waals surface area (Å²) in [4.78, 5) is 14.4. The van der Waals surface area contributed by atoms with Gasteiger partial charge in [-0.25, -0.2) is 0 Å². The fraction of sp³-hybridized carbons (Fsp3) is 0.400. The Hall–Kier alpha value is -2.98. The molecule has 0 N–H and O–H groups in total. The third-order valence-corrected chi connectivity index (χ3v) is 7.54. The molecule has 34 heavy (non-hydrogen) atoms. The first-order chi connectivity index (χ1) is 16.8. The van der Waals surface area contributed by atoms with Crippen molar-refractivity contribution in [2.45, 2.75) is 51.2 Å². The largest absolute Gasteiger partial charge is 0.489 e. The maximum absolute atomic E-state index is 11.9. The summed E-state index contributed by atoms with van der Waals surface area (Å²) in [5.74, 6) is 1.20. The Balaban J connectivity index is 1.25. The monoisotopic (exact) mass is 454 g/mol. The standard InChI is InChI=1S/C30H34N2O2/c33-31-30-24(17-20-32-18-7-2-8-19-32)13-14-25-21-27(15-16-29(25)30)34-22-26-11-5-6-12-28(26)23-9-3-1-4-10-23/h1,3-6,9-12,15-16,21,24,30H,2,7-8,13-14,17-20,22H2. The second-order valence-corrected chi connectivity index (χ2v) is 9.71. The van der Waals surface area contributed by atoms with Crippen LogP contribution in [0, 0.1) is 10.8 Å². The molecule has 0 amide bonds. The molecule has 1 fully saturated rings. The summed E-state index contributed by atoms with van der Waals surface area (Å²) in [7, 11) is 0. The number of ether oxygens (including phenoxy) is 1. The summed E-state index contributed by atoms with van der Waals surface area (Å²) in [6.07, 6.45) is 7.04. The Morgan fingerprint density at radius 2 is 1.71 bits per heavy atom. The number of benzene rings is 3. The third-order valence-electron chi connectivity index (χ3n) is 7.54. The Morgan fingerprint density at radius 1 is 0.912 bits per heavy atom. The van der Waals surface area contributed by atoms with E-state index in [4.69, 9.17) is 4.74 Å². The van der Waals surface area contributed by atoms with Gasteiger partial charge in [-0.1, -0.05) is 72.3 Å². The van der Waals surface area contributed by atoms with E-state index in [9.17, 15) is 4.91 Å². The predicted molar refractivity (Wildman–Crippen MR) is 138 cm³/mol. The minimum absolute atomic E-state index is 0.235. The fourth-order valence-electron chi connectivity index (χ4n) is 5.61. The van der Waals surface area contributed by atoms with E-state index in [1.54, 1.807) is 0 Å². The van der Waals surface area contributed by atoms with Crippen molar-refractivity contribution < 1.29 is 4.74 Å². The number of hydrogen-bond donors (Lipinski definition) is 0. The number of fused-ring (bicyclic) bond motifs is 1. The van der Waals surface area contributed by atoms with Gasteiger partial charge in [-0.15, -0.1) is 0 Å². The Labute approximate surface area is 202 Å². The smallest absolute Gasteiger partial charge is 0.120 e. The van der Waals surface area contributed by atoms with Gasteiger partial charge in [0.2, 0.25) is 0 Å². The molecule has 1 heterocycles. The molecular formula is C30H34N2O2. The van der Waals surface area contributed by atoms with Crippen LogP contribution in [0.3, 0.4) is 0 Å². The predicted octanol–water partition coefficient (Wildman–Crippen LogP) is 7.18. The summed E-state index contributed by atoms with van der Waals surface area (Å²) < 4.78 is 6.23. The van der Waals surface area contributed by atoms with Crippen LogP contribution in [0.5, 0.6) is 5.75 Å². The molecule has 176 valence electrons. The molecule has 3 aromatic rings. The zero-order valence-corrected chi connectivity index (χ0v) is 19.9. The van der Waals surface area contributed by atoms with E-state index in [1.807, 2.05) is 12.1 Å². The third kappa shape index (κ3) is 5.23. The van der Waals surface area contributed by atoms with Crippen molar-refractivity contribution in [3.05, 3.63) is 94.4 Å². The molecule has 2 atom stereocenters. The molecule has 0 bridgehead atoms. The zero-order valence-electron chi connectivity index (χ0n) is 19.9. The van der Waals surface area contributed by atoms with Gasteiger partial charge in [-0.3, -0.25) is 0 Å². The van der Waals surface area contributed by atoms with Gasteiger partial charge in [-0.05, 0) is 97.6 Å². The number of nitroso groups, excluding NO2 is 1. The number of hydrogen-bond acceptors (Lipinski definition) is 4. The Bertz CT molecular complexity index is 1090. The normalized spacial score (nSPS) is 20.5. The van der Waals surface area contributed by atoms with Gasteiger partial charge < -0.3 is 9.64 Å². The second-order valence-electron chi connectivity index (χ2n) is 9.71. The second kappa shape index (κ2) is 11.0. The Kier molecular flexibility index (Phi) is 7.35. The van der Waals surface area contributed by atoms with Gasteiger partial charge in [0, 0.05) is 0 Å². The number of piperidine rings is 1. The van der Waals surface area contributed by atoms with Crippen molar-refractivity contribution in [2.75, 3.05) is 19.6 Å². The number of aryl methyl sites for hydroxylation is 1. The van der Waals surface area contributed by atoms with Gasteiger partial charge >= 0.3 is 0 Å². The first-order valence-corrected chi connectivity index (χ1v) is 12.8. The van der Waals surface area contributed by atoms with Crippen molar-refractivity contribution in [3.8, 4) is 16.9 Å². The van der Waals surface area contributed by atoms with Crippen LogP contribution in [0.2, 0.25) is 0 Å². The van der Waals surface area contributed by atoms with Gasteiger partial charge in [0.1, 0.15) is 18.4 Å². The highest BCUT2D eigenvalue weighted by Gasteiger charge is 2.31. The lowest BCUT2D eigenvalue weighted by Gasteiger charge is -2.32. The molecule has 0 saturated carbocycles. The number of rotatable bonds is 8. The summed E-state index contributed by atoms with van der Waals surface area (Å²) in [6, 6.07) is 24.8. The first-order valence-electron chi connectivity index (χ1n) is 12.8. The van der Waals surface area contributed by atoms with E-state index in [2.05, 4.69) is 70.7 Å². The van der Waals surface area contributed by atoms with Gasteiger partial charge in [0.25, 0.3) is 0 Å². The van der Waals surface area contributed by atoms with Gasteiger partial charge in [0.05, 0.1) is 0 Å². The highest BCUT2D eigenvalue weighted by Crippen LogP contribution is 2.40. The summed E-state index contributed by atoms with van der Waals surface area (Å²) in [6.45, 7) is 4.01. The summed E-state index contributed by atoms with van der Waals surface area (Å²) >= 11 is 0. The molecule has 0 aromatic heterocycles. The molecule has 1 aliphatic carbocycles. The maximum Gasteiger partial charge on any atom is 0.120 e.